The van der Waals surface area contributed by atoms with Gasteiger partial charge in [-0.25, -0.2) is 4.98 Å². The van der Waals surface area contributed by atoms with E-state index in [9.17, 15) is 4.79 Å². The van der Waals surface area contributed by atoms with Gasteiger partial charge < -0.3 is 14.5 Å². The van der Waals surface area contributed by atoms with Crippen LogP contribution in [-0.4, -0.2) is 52.5 Å². The molecule has 1 aromatic carbocycles. The number of nitrogens with zero attached hydrogens (tertiary/aromatic N) is 4. The molecule has 2 aromatic rings. The number of amides is 1. The van der Waals surface area contributed by atoms with Crippen LogP contribution in [0.5, 0.6) is 0 Å². The summed E-state index contributed by atoms with van der Waals surface area (Å²) in [4.78, 5) is 21.3. The molecule has 1 fully saturated rings. The third kappa shape index (κ3) is 3.01. The summed E-state index contributed by atoms with van der Waals surface area (Å²) in [6, 6.07) is 8.34. The fourth-order valence-corrected chi connectivity index (χ4v) is 3.98. The molecule has 2 aliphatic rings. The minimum absolute atomic E-state index is 0.0791. The maximum atomic E-state index is 12.9. The molecule has 4 rings (SSSR count). The maximum Gasteiger partial charge on any atom is 0.253 e. The predicted octanol–water partition coefficient (Wildman–Crippen LogP) is 1.64. The van der Waals surface area contributed by atoms with E-state index in [0.717, 1.165) is 30.5 Å². The van der Waals surface area contributed by atoms with E-state index in [-0.39, 0.29) is 5.91 Å². The standard InChI is InChI=1S/C17H20N4O2S/c1-12-18-17(24-19-12)21-8-9-23-15(11-21)16(22)20-7-6-13-4-2-3-5-14(13)10-20/h2-5,15H,6-11H2,1H3. The minimum Gasteiger partial charge on any atom is -0.365 e. The molecule has 0 saturated carbocycles. The van der Waals surface area contributed by atoms with Gasteiger partial charge in [0.1, 0.15) is 5.82 Å². The van der Waals surface area contributed by atoms with Crippen molar-refractivity contribution in [3.8, 4) is 0 Å². The Hall–Kier alpha value is -1.99. The number of rotatable bonds is 2. The number of aromatic nitrogens is 2. The van der Waals surface area contributed by atoms with Gasteiger partial charge in [-0.1, -0.05) is 24.3 Å². The lowest BCUT2D eigenvalue weighted by molar-refractivity contribution is -0.145. The summed E-state index contributed by atoms with van der Waals surface area (Å²) in [6.45, 7) is 5.15. The second-order valence-corrected chi connectivity index (χ2v) is 6.94. The van der Waals surface area contributed by atoms with Gasteiger partial charge in [0.2, 0.25) is 5.13 Å². The van der Waals surface area contributed by atoms with Crippen LogP contribution in [-0.2, 0) is 22.5 Å². The van der Waals surface area contributed by atoms with Crippen LogP contribution in [0.3, 0.4) is 0 Å². The summed E-state index contributed by atoms with van der Waals surface area (Å²) in [7, 11) is 0. The highest BCUT2D eigenvalue weighted by atomic mass is 32.1. The minimum atomic E-state index is -0.423. The van der Waals surface area contributed by atoms with E-state index < -0.39 is 6.10 Å². The molecule has 6 nitrogen and oxygen atoms in total. The Morgan fingerprint density at radius 1 is 1.29 bits per heavy atom. The highest BCUT2D eigenvalue weighted by Gasteiger charge is 2.32. The van der Waals surface area contributed by atoms with E-state index in [2.05, 4.69) is 32.5 Å². The number of carbonyl (C=O) groups is 1. The second-order valence-electron chi connectivity index (χ2n) is 6.21. The average Bonchev–Trinajstić information content (AvgIpc) is 3.07. The molecule has 126 valence electrons. The molecular formula is C17H20N4O2S. The Labute approximate surface area is 145 Å². The number of morpholine rings is 1. The number of anilines is 1. The van der Waals surface area contributed by atoms with Gasteiger partial charge in [0.15, 0.2) is 6.10 Å². The molecular weight excluding hydrogens is 324 g/mol. The van der Waals surface area contributed by atoms with Gasteiger partial charge in [-0.05, 0) is 24.5 Å². The van der Waals surface area contributed by atoms with Crippen LogP contribution < -0.4 is 4.90 Å². The van der Waals surface area contributed by atoms with Crippen molar-refractivity contribution in [2.75, 3.05) is 31.1 Å². The van der Waals surface area contributed by atoms with Crippen molar-refractivity contribution in [1.29, 1.82) is 0 Å². The number of carbonyl (C=O) groups excluding carboxylic acids is 1. The van der Waals surface area contributed by atoms with Crippen molar-refractivity contribution >= 4 is 22.6 Å². The van der Waals surface area contributed by atoms with Crippen LogP contribution in [0.1, 0.15) is 17.0 Å². The molecule has 2 aliphatic heterocycles. The third-order valence-electron chi connectivity index (χ3n) is 4.57. The van der Waals surface area contributed by atoms with E-state index in [1.807, 2.05) is 17.9 Å². The molecule has 0 bridgehead atoms. The first kappa shape index (κ1) is 15.5. The molecule has 0 radical (unpaired) electrons. The zero-order valence-corrected chi connectivity index (χ0v) is 14.5. The zero-order valence-electron chi connectivity index (χ0n) is 13.6. The topological polar surface area (TPSA) is 58.6 Å². The molecule has 0 spiro atoms. The molecule has 7 heteroatoms. The highest BCUT2D eigenvalue weighted by molar-refractivity contribution is 7.09. The number of hydrogen-bond donors (Lipinski definition) is 0. The monoisotopic (exact) mass is 344 g/mol. The molecule has 1 saturated heterocycles. The Morgan fingerprint density at radius 3 is 2.92 bits per heavy atom. The van der Waals surface area contributed by atoms with E-state index in [0.29, 0.717) is 19.7 Å². The van der Waals surface area contributed by atoms with Gasteiger partial charge >= 0.3 is 0 Å². The largest absolute Gasteiger partial charge is 0.365 e. The van der Waals surface area contributed by atoms with Gasteiger partial charge in [-0.2, -0.15) is 4.37 Å². The van der Waals surface area contributed by atoms with Crippen LogP contribution >= 0.6 is 11.5 Å². The van der Waals surface area contributed by atoms with Crippen LogP contribution in [0.15, 0.2) is 24.3 Å². The zero-order chi connectivity index (χ0) is 16.5. The quantitative estimate of drug-likeness (QED) is 0.829. The molecule has 1 unspecified atom stereocenters. The lowest BCUT2D eigenvalue weighted by Gasteiger charge is -2.36. The number of hydrogen-bond acceptors (Lipinski definition) is 6. The first-order chi connectivity index (χ1) is 11.7. The van der Waals surface area contributed by atoms with Crippen LogP contribution in [0.25, 0.3) is 0 Å². The Morgan fingerprint density at radius 2 is 2.12 bits per heavy atom. The highest BCUT2D eigenvalue weighted by Crippen LogP contribution is 2.23. The summed E-state index contributed by atoms with van der Waals surface area (Å²) in [5.74, 6) is 0.854. The van der Waals surface area contributed by atoms with Crippen LogP contribution in [0.4, 0.5) is 5.13 Å². The van der Waals surface area contributed by atoms with E-state index in [1.165, 1.54) is 22.7 Å². The number of benzene rings is 1. The Bertz CT molecular complexity index is 748. The van der Waals surface area contributed by atoms with Gasteiger partial charge in [-0.15, -0.1) is 0 Å². The fourth-order valence-electron chi connectivity index (χ4n) is 3.27. The smallest absolute Gasteiger partial charge is 0.253 e. The van der Waals surface area contributed by atoms with Gasteiger partial charge in [0.05, 0.1) is 13.2 Å². The Kier molecular flexibility index (Phi) is 4.20. The van der Waals surface area contributed by atoms with Gasteiger partial charge in [-0.3, -0.25) is 4.79 Å². The van der Waals surface area contributed by atoms with Crippen molar-refractivity contribution < 1.29 is 9.53 Å². The number of aryl methyl sites for hydroxylation is 1. The van der Waals surface area contributed by atoms with Gasteiger partial charge in [0, 0.05) is 31.2 Å². The van der Waals surface area contributed by atoms with Crippen molar-refractivity contribution in [3.63, 3.8) is 0 Å². The summed E-state index contributed by atoms with van der Waals surface area (Å²) in [5.41, 5.74) is 2.58. The molecule has 0 aliphatic carbocycles. The molecule has 3 heterocycles. The second kappa shape index (κ2) is 6.49. The fraction of sp³-hybridized carbons (Fsp3) is 0.471. The van der Waals surface area contributed by atoms with Gasteiger partial charge in [0.25, 0.3) is 5.91 Å². The van der Waals surface area contributed by atoms with Crippen LogP contribution in [0.2, 0.25) is 0 Å². The summed E-state index contributed by atoms with van der Waals surface area (Å²) >= 11 is 1.38. The first-order valence-electron chi connectivity index (χ1n) is 8.23. The predicted molar refractivity (Wildman–Crippen MR) is 92.2 cm³/mol. The number of fused-ring (bicyclic) bond motifs is 1. The van der Waals surface area contributed by atoms with E-state index >= 15 is 0 Å². The molecule has 1 aromatic heterocycles. The normalized spacial score (nSPS) is 20.8. The SMILES string of the molecule is Cc1nsc(N2CCOC(C(=O)N3CCc4ccccc4C3)C2)n1. The average molecular weight is 344 g/mol. The van der Waals surface area contributed by atoms with Crippen molar-refractivity contribution in [3.05, 3.63) is 41.2 Å². The first-order valence-corrected chi connectivity index (χ1v) is 9.00. The molecule has 24 heavy (non-hydrogen) atoms. The summed E-state index contributed by atoms with van der Waals surface area (Å²) in [6.07, 6.45) is 0.488. The number of ether oxygens (including phenoxy) is 1. The van der Waals surface area contributed by atoms with Crippen molar-refractivity contribution in [2.24, 2.45) is 0 Å². The van der Waals surface area contributed by atoms with Crippen molar-refractivity contribution in [1.82, 2.24) is 14.3 Å². The van der Waals surface area contributed by atoms with Crippen molar-refractivity contribution in [2.45, 2.75) is 26.0 Å². The Balaban J connectivity index is 1.45. The van der Waals surface area contributed by atoms with Crippen LogP contribution in [0, 0.1) is 6.92 Å². The maximum absolute atomic E-state index is 12.9. The molecule has 0 N–H and O–H groups in total. The third-order valence-corrected chi connectivity index (χ3v) is 5.44. The summed E-state index contributed by atoms with van der Waals surface area (Å²) < 4.78 is 9.99. The summed E-state index contributed by atoms with van der Waals surface area (Å²) in [5, 5.41) is 0.873. The lowest BCUT2D eigenvalue weighted by Crippen LogP contribution is -2.52. The van der Waals surface area contributed by atoms with E-state index in [1.54, 1.807) is 0 Å². The van der Waals surface area contributed by atoms with E-state index in [4.69, 9.17) is 4.74 Å². The molecule has 1 amide bonds. The molecule has 1 atom stereocenters. The lowest BCUT2D eigenvalue weighted by atomic mass is 9.99.